The smallest absolute Gasteiger partial charge is 0.152 e. The molecule has 0 aliphatic carbocycles. The molecule has 0 bridgehead atoms. The predicted molar refractivity (Wildman–Crippen MR) is 30.4 cm³/mol. The zero-order valence-corrected chi connectivity index (χ0v) is 4.83. The van der Waals surface area contributed by atoms with Gasteiger partial charge < -0.3 is 0 Å². The van der Waals surface area contributed by atoms with Gasteiger partial charge >= 0.3 is 0 Å². The van der Waals surface area contributed by atoms with Crippen molar-refractivity contribution < 1.29 is 0 Å². The van der Waals surface area contributed by atoms with Crippen LogP contribution in [0.15, 0.2) is 6.33 Å². The molecule has 1 N–H and O–H groups in total. The third-order valence-electron chi connectivity index (χ3n) is 1.26. The summed E-state index contributed by atoms with van der Waals surface area (Å²) in [7, 11) is 0. The molecule has 0 spiro atoms. The van der Waals surface area contributed by atoms with Crippen molar-refractivity contribution in [2.75, 3.05) is 6.54 Å². The van der Waals surface area contributed by atoms with Crippen molar-refractivity contribution in [3.8, 4) is 0 Å². The molecule has 0 atom stereocenters. The summed E-state index contributed by atoms with van der Waals surface area (Å²) in [6, 6.07) is 0. The first-order valence-corrected chi connectivity index (χ1v) is 2.83. The number of fused-ring (bicyclic) bond motifs is 1. The van der Waals surface area contributed by atoms with E-state index in [1.807, 2.05) is 4.68 Å². The van der Waals surface area contributed by atoms with Crippen LogP contribution in [0, 0.1) is 6.54 Å². The van der Waals surface area contributed by atoms with Gasteiger partial charge in [0.2, 0.25) is 0 Å². The standard InChI is InChI=1S/C5H6N4/c1-2-9-5(3-6-1)7-4-8-9/h4,6H,1-2H2. The first-order chi connectivity index (χ1) is 4.47. The molecule has 46 valence electrons. The minimum Gasteiger partial charge on any atom is -0.299 e. The van der Waals surface area contributed by atoms with E-state index in [-0.39, 0.29) is 0 Å². The second-order valence-corrected chi connectivity index (χ2v) is 1.86. The van der Waals surface area contributed by atoms with Crippen LogP contribution < -0.4 is 5.32 Å². The van der Waals surface area contributed by atoms with Gasteiger partial charge in [-0.15, -0.1) is 0 Å². The zero-order chi connectivity index (χ0) is 6.10. The third kappa shape index (κ3) is 0.712. The highest BCUT2D eigenvalue weighted by molar-refractivity contribution is 5.00. The summed E-state index contributed by atoms with van der Waals surface area (Å²) in [5, 5.41) is 6.91. The Morgan fingerprint density at radius 1 is 1.78 bits per heavy atom. The van der Waals surface area contributed by atoms with E-state index in [0.717, 1.165) is 18.9 Å². The Hall–Kier alpha value is -0.900. The van der Waals surface area contributed by atoms with Crippen molar-refractivity contribution in [2.45, 2.75) is 6.54 Å². The number of nitrogens with one attached hydrogen (secondary N) is 1. The number of aromatic nitrogens is 3. The molecule has 2 radical (unpaired) electrons. The van der Waals surface area contributed by atoms with E-state index in [1.54, 1.807) is 0 Å². The van der Waals surface area contributed by atoms with Gasteiger partial charge in [0.25, 0.3) is 0 Å². The van der Waals surface area contributed by atoms with E-state index in [4.69, 9.17) is 0 Å². The highest BCUT2D eigenvalue weighted by atomic mass is 15.4. The molecule has 1 aromatic rings. The molecule has 9 heavy (non-hydrogen) atoms. The second kappa shape index (κ2) is 1.80. The Morgan fingerprint density at radius 2 is 2.78 bits per heavy atom. The molecule has 0 saturated carbocycles. The van der Waals surface area contributed by atoms with Gasteiger partial charge in [0, 0.05) is 6.54 Å². The highest BCUT2D eigenvalue weighted by Gasteiger charge is 2.08. The van der Waals surface area contributed by atoms with Gasteiger partial charge in [-0.25, -0.2) is 9.67 Å². The minimum absolute atomic E-state index is 0.793. The third-order valence-corrected chi connectivity index (χ3v) is 1.26. The van der Waals surface area contributed by atoms with Crippen LogP contribution in [-0.4, -0.2) is 21.3 Å². The van der Waals surface area contributed by atoms with Gasteiger partial charge in [-0.1, -0.05) is 0 Å². The quantitative estimate of drug-likeness (QED) is 0.493. The second-order valence-electron chi connectivity index (χ2n) is 1.86. The molecule has 2 heterocycles. The number of nitrogens with zero attached hydrogens (tertiary/aromatic N) is 3. The van der Waals surface area contributed by atoms with Gasteiger partial charge in [0.15, 0.2) is 5.82 Å². The molecule has 0 saturated heterocycles. The van der Waals surface area contributed by atoms with Crippen LogP contribution in [0.2, 0.25) is 0 Å². The van der Waals surface area contributed by atoms with Gasteiger partial charge in [0.1, 0.15) is 12.9 Å². The Labute approximate surface area is 52.9 Å². The largest absolute Gasteiger partial charge is 0.299 e. The molecule has 2 rings (SSSR count). The van der Waals surface area contributed by atoms with Crippen LogP contribution in [0.3, 0.4) is 0 Å². The van der Waals surface area contributed by atoms with Gasteiger partial charge in [0.05, 0.1) is 6.54 Å². The summed E-state index contributed by atoms with van der Waals surface area (Å²) in [6.45, 7) is 4.67. The van der Waals surface area contributed by atoms with Crippen LogP contribution in [0.4, 0.5) is 0 Å². The van der Waals surface area contributed by atoms with E-state index >= 15 is 0 Å². The number of hydrogen-bond donors (Lipinski definition) is 1. The summed E-state index contributed by atoms with van der Waals surface area (Å²) in [5.41, 5.74) is 0. The Balaban J connectivity index is 2.39. The van der Waals surface area contributed by atoms with E-state index in [0.29, 0.717) is 0 Å². The lowest BCUT2D eigenvalue weighted by molar-refractivity contribution is 0.527. The molecule has 1 aliphatic heterocycles. The molecule has 1 aromatic heterocycles. The van der Waals surface area contributed by atoms with Gasteiger partial charge in [-0.2, -0.15) is 5.10 Å². The molecular weight excluding hydrogens is 116 g/mol. The van der Waals surface area contributed by atoms with E-state index in [9.17, 15) is 0 Å². The van der Waals surface area contributed by atoms with Crippen molar-refractivity contribution in [3.63, 3.8) is 0 Å². The fourth-order valence-electron chi connectivity index (χ4n) is 0.828. The lowest BCUT2D eigenvalue weighted by Crippen LogP contribution is -2.27. The zero-order valence-electron chi connectivity index (χ0n) is 4.83. The molecule has 0 aromatic carbocycles. The molecule has 1 aliphatic rings. The van der Waals surface area contributed by atoms with Crippen molar-refractivity contribution in [1.29, 1.82) is 0 Å². The van der Waals surface area contributed by atoms with E-state index in [1.165, 1.54) is 6.33 Å². The molecule has 0 unspecified atom stereocenters. The van der Waals surface area contributed by atoms with E-state index in [2.05, 4.69) is 21.9 Å². The first-order valence-electron chi connectivity index (χ1n) is 2.83. The maximum absolute atomic E-state index is 3.96. The molecule has 0 fully saturated rings. The van der Waals surface area contributed by atoms with Crippen LogP contribution in [0.25, 0.3) is 0 Å². The molecule has 4 nitrogen and oxygen atoms in total. The van der Waals surface area contributed by atoms with E-state index < -0.39 is 0 Å². The Kier molecular flexibility index (Phi) is 0.989. The van der Waals surface area contributed by atoms with Gasteiger partial charge in [-0.3, -0.25) is 5.32 Å². The number of hydrogen-bond acceptors (Lipinski definition) is 3. The van der Waals surface area contributed by atoms with Crippen molar-refractivity contribution in [3.05, 3.63) is 18.7 Å². The fourth-order valence-corrected chi connectivity index (χ4v) is 0.828. The van der Waals surface area contributed by atoms with Crippen LogP contribution in [-0.2, 0) is 6.54 Å². The average Bonchev–Trinajstić information content (AvgIpc) is 2.33. The molecule has 0 amide bonds. The molecular formula is C5H6N4. The number of rotatable bonds is 0. The monoisotopic (exact) mass is 122 g/mol. The predicted octanol–water partition coefficient (Wildman–Crippen LogP) is -0.732. The normalized spacial score (nSPS) is 17.3. The minimum atomic E-state index is 0.793. The Bertz CT molecular complexity index is 184. The molecule has 4 heteroatoms. The summed E-state index contributed by atoms with van der Waals surface area (Å²) in [4.78, 5) is 3.94. The lowest BCUT2D eigenvalue weighted by atomic mass is 10.4. The van der Waals surface area contributed by atoms with Crippen molar-refractivity contribution in [1.82, 2.24) is 20.1 Å². The van der Waals surface area contributed by atoms with Gasteiger partial charge in [-0.05, 0) is 0 Å². The highest BCUT2D eigenvalue weighted by Crippen LogP contribution is 1.98. The maximum atomic E-state index is 3.96. The summed E-state index contributed by atoms with van der Waals surface area (Å²) >= 11 is 0. The topological polar surface area (TPSA) is 42.7 Å². The van der Waals surface area contributed by atoms with Crippen molar-refractivity contribution in [2.24, 2.45) is 0 Å². The summed E-state index contributed by atoms with van der Waals surface area (Å²) in [6.07, 6.45) is 1.54. The Morgan fingerprint density at radius 3 is 3.67 bits per heavy atom. The van der Waals surface area contributed by atoms with Crippen LogP contribution in [0.5, 0.6) is 0 Å². The van der Waals surface area contributed by atoms with Crippen LogP contribution >= 0.6 is 0 Å². The van der Waals surface area contributed by atoms with Crippen molar-refractivity contribution >= 4 is 0 Å². The fraction of sp³-hybridized carbons (Fsp3) is 0.400. The van der Waals surface area contributed by atoms with Crippen LogP contribution in [0.1, 0.15) is 5.82 Å². The lowest BCUT2D eigenvalue weighted by Gasteiger charge is -2.10. The summed E-state index contributed by atoms with van der Waals surface area (Å²) < 4.78 is 1.82. The first kappa shape index (κ1) is 4.93. The average molecular weight is 122 g/mol. The summed E-state index contributed by atoms with van der Waals surface area (Å²) in [5.74, 6) is 0.793. The maximum Gasteiger partial charge on any atom is 0.152 e. The SMILES string of the molecule is [C]1NCCn2ncnc21.